The zero-order chi connectivity index (χ0) is 10.3. The fraction of sp³-hybridized carbons (Fsp3) is 0. The summed E-state index contributed by atoms with van der Waals surface area (Å²) in [5.74, 6) is 0. The Morgan fingerprint density at radius 3 is 2.71 bits per heavy atom. The quantitative estimate of drug-likeness (QED) is 0.724. The molecule has 1 heterocycles. The summed E-state index contributed by atoms with van der Waals surface area (Å²) in [6.45, 7) is 0. The van der Waals surface area contributed by atoms with Crippen LogP contribution in [-0.4, -0.2) is 8.42 Å². The van der Waals surface area contributed by atoms with Crippen LogP contribution in [0.2, 0.25) is 0 Å². The standard InChI is InChI=1S/C7H3ClO4S2/c8-14(10,11)4-1-2-6-5(3-4)12-7(9)13-6/h1-3H. The maximum atomic E-state index is 10.9. The van der Waals surface area contributed by atoms with Crippen LogP contribution in [0, 0.1) is 0 Å². The molecule has 1 aromatic carbocycles. The highest BCUT2D eigenvalue weighted by Crippen LogP contribution is 2.22. The molecule has 0 aliphatic carbocycles. The van der Waals surface area contributed by atoms with Crippen molar-refractivity contribution in [3.63, 3.8) is 0 Å². The van der Waals surface area contributed by atoms with Crippen molar-refractivity contribution in [3.8, 4) is 0 Å². The molecule has 0 aliphatic heterocycles. The summed E-state index contributed by atoms with van der Waals surface area (Å²) in [7, 11) is 1.35. The van der Waals surface area contributed by atoms with E-state index < -0.39 is 14.0 Å². The molecule has 4 nitrogen and oxygen atoms in total. The third-order valence-corrected chi connectivity index (χ3v) is 3.74. The Morgan fingerprint density at radius 2 is 2.07 bits per heavy atom. The van der Waals surface area contributed by atoms with E-state index in [-0.39, 0.29) is 10.5 Å². The summed E-state index contributed by atoms with van der Waals surface area (Å²) in [6.07, 6.45) is 0. The molecule has 0 saturated heterocycles. The Hall–Kier alpha value is -0.850. The van der Waals surface area contributed by atoms with Gasteiger partial charge in [0.1, 0.15) is 0 Å². The van der Waals surface area contributed by atoms with Crippen molar-refractivity contribution < 1.29 is 12.8 Å². The molecule has 0 bridgehead atoms. The van der Waals surface area contributed by atoms with E-state index in [4.69, 9.17) is 15.1 Å². The average molecular weight is 251 g/mol. The second-order valence-corrected chi connectivity index (χ2v) is 6.04. The van der Waals surface area contributed by atoms with E-state index in [1.54, 1.807) is 0 Å². The van der Waals surface area contributed by atoms with E-state index in [1.165, 1.54) is 18.2 Å². The molecule has 0 radical (unpaired) electrons. The van der Waals surface area contributed by atoms with Gasteiger partial charge in [0.2, 0.25) is 0 Å². The van der Waals surface area contributed by atoms with E-state index in [1.807, 2.05) is 0 Å². The molecule has 2 rings (SSSR count). The van der Waals surface area contributed by atoms with Crippen LogP contribution in [0.4, 0.5) is 0 Å². The molecule has 0 unspecified atom stereocenters. The van der Waals surface area contributed by atoms with Crippen molar-refractivity contribution in [1.29, 1.82) is 0 Å². The molecule has 0 fully saturated rings. The van der Waals surface area contributed by atoms with Gasteiger partial charge in [0, 0.05) is 16.7 Å². The molecule has 2 aromatic rings. The van der Waals surface area contributed by atoms with Crippen molar-refractivity contribution in [2.45, 2.75) is 4.90 Å². The molecule has 0 aliphatic rings. The van der Waals surface area contributed by atoms with Gasteiger partial charge in [0.25, 0.3) is 9.05 Å². The molecule has 14 heavy (non-hydrogen) atoms. The molecule has 0 saturated carbocycles. The minimum atomic E-state index is -3.77. The van der Waals surface area contributed by atoms with Gasteiger partial charge in [-0.25, -0.2) is 13.2 Å². The minimum Gasteiger partial charge on any atom is -0.414 e. The first-order valence-electron chi connectivity index (χ1n) is 3.45. The smallest absolute Gasteiger partial charge is 0.396 e. The Balaban J connectivity index is 2.80. The lowest BCUT2D eigenvalue weighted by molar-refractivity contribution is 0.583. The van der Waals surface area contributed by atoms with E-state index in [2.05, 4.69) is 0 Å². The highest BCUT2D eigenvalue weighted by molar-refractivity contribution is 8.13. The summed E-state index contributed by atoms with van der Waals surface area (Å²) >= 11 is 0.911. The molecule has 7 heteroatoms. The van der Waals surface area contributed by atoms with Gasteiger partial charge < -0.3 is 4.42 Å². The Bertz CT molecular complexity index is 637. The zero-order valence-corrected chi connectivity index (χ0v) is 8.95. The second-order valence-electron chi connectivity index (χ2n) is 2.50. The average Bonchev–Trinajstić information content (AvgIpc) is 2.41. The lowest BCUT2D eigenvalue weighted by Gasteiger charge is -1.93. The summed E-state index contributed by atoms with van der Waals surface area (Å²) in [5.41, 5.74) is 0.238. The van der Waals surface area contributed by atoms with Gasteiger partial charge >= 0.3 is 4.94 Å². The maximum absolute atomic E-state index is 10.9. The van der Waals surface area contributed by atoms with Crippen LogP contribution in [-0.2, 0) is 9.05 Å². The van der Waals surface area contributed by atoms with Gasteiger partial charge in [0.05, 0.1) is 9.60 Å². The van der Waals surface area contributed by atoms with Crippen LogP contribution < -0.4 is 4.94 Å². The summed E-state index contributed by atoms with van der Waals surface area (Å²) in [4.78, 5) is 10.3. The predicted molar refractivity (Wildman–Crippen MR) is 53.4 cm³/mol. The van der Waals surface area contributed by atoms with E-state index in [9.17, 15) is 13.2 Å². The number of fused-ring (bicyclic) bond motifs is 1. The van der Waals surface area contributed by atoms with E-state index in [0.717, 1.165) is 11.3 Å². The number of hydrogen-bond donors (Lipinski definition) is 0. The van der Waals surface area contributed by atoms with E-state index >= 15 is 0 Å². The van der Waals surface area contributed by atoms with Crippen LogP contribution in [0.15, 0.2) is 32.3 Å². The fourth-order valence-corrected chi connectivity index (χ4v) is 2.42. The van der Waals surface area contributed by atoms with Crippen LogP contribution in [0.25, 0.3) is 10.3 Å². The molecule has 0 amide bonds. The topological polar surface area (TPSA) is 64.3 Å². The Kier molecular flexibility index (Phi) is 2.13. The molecule has 1 aromatic heterocycles. The molecule has 0 spiro atoms. The van der Waals surface area contributed by atoms with Gasteiger partial charge in [0.15, 0.2) is 5.58 Å². The Morgan fingerprint density at radius 1 is 1.36 bits per heavy atom. The lowest BCUT2D eigenvalue weighted by atomic mass is 10.3. The molecular weight excluding hydrogens is 248 g/mol. The van der Waals surface area contributed by atoms with Crippen molar-refractivity contribution in [2.24, 2.45) is 0 Å². The highest BCUT2D eigenvalue weighted by atomic mass is 35.7. The van der Waals surface area contributed by atoms with Gasteiger partial charge in [-0.2, -0.15) is 0 Å². The van der Waals surface area contributed by atoms with E-state index in [0.29, 0.717) is 4.70 Å². The largest absolute Gasteiger partial charge is 0.414 e. The first kappa shape index (κ1) is 9.70. The number of rotatable bonds is 1. The zero-order valence-electron chi connectivity index (χ0n) is 6.56. The molecular formula is C7H3ClO4S2. The molecule has 0 atom stereocenters. The number of benzene rings is 1. The van der Waals surface area contributed by atoms with Crippen LogP contribution >= 0.6 is 22.0 Å². The summed E-state index contributed by atoms with van der Waals surface area (Å²) < 4.78 is 27.2. The molecule has 74 valence electrons. The first-order chi connectivity index (χ1) is 6.47. The van der Waals surface area contributed by atoms with Crippen LogP contribution in [0.1, 0.15) is 0 Å². The van der Waals surface area contributed by atoms with Gasteiger partial charge in [-0.15, -0.1) is 0 Å². The highest BCUT2D eigenvalue weighted by Gasteiger charge is 2.12. The minimum absolute atomic E-state index is 0.0757. The van der Waals surface area contributed by atoms with Crippen molar-refractivity contribution in [2.75, 3.05) is 0 Å². The normalized spacial score (nSPS) is 12.1. The van der Waals surface area contributed by atoms with Gasteiger partial charge in [-0.3, -0.25) is 0 Å². The SMILES string of the molecule is O=c1oc2cc(S(=O)(=O)Cl)ccc2s1. The van der Waals surface area contributed by atoms with Gasteiger partial charge in [-0.05, 0) is 12.1 Å². The third kappa shape index (κ3) is 1.68. The van der Waals surface area contributed by atoms with Crippen LogP contribution in [0.5, 0.6) is 0 Å². The number of hydrogen-bond acceptors (Lipinski definition) is 5. The summed E-state index contributed by atoms with van der Waals surface area (Å²) in [6, 6.07) is 4.05. The third-order valence-electron chi connectivity index (χ3n) is 1.58. The van der Waals surface area contributed by atoms with Crippen LogP contribution in [0.3, 0.4) is 0 Å². The van der Waals surface area contributed by atoms with Crippen molar-refractivity contribution >= 4 is 41.4 Å². The second kappa shape index (κ2) is 3.08. The maximum Gasteiger partial charge on any atom is 0.396 e. The first-order valence-corrected chi connectivity index (χ1v) is 6.58. The van der Waals surface area contributed by atoms with Crippen molar-refractivity contribution in [3.05, 3.63) is 27.9 Å². The molecule has 0 N–H and O–H groups in total. The van der Waals surface area contributed by atoms with Crippen molar-refractivity contribution in [1.82, 2.24) is 0 Å². The predicted octanol–water partition coefficient (Wildman–Crippen LogP) is 1.78. The summed E-state index contributed by atoms with van der Waals surface area (Å²) in [5, 5.41) is 0. The monoisotopic (exact) mass is 250 g/mol. The number of halogens is 1. The Labute approximate surface area is 87.2 Å². The fourth-order valence-electron chi connectivity index (χ4n) is 1.00. The lowest BCUT2D eigenvalue weighted by Crippen LogP contribution is -1.88. The van der Waals surface area contributed by atoms with Gasteiger partial charge in [-0.1, -0.05) is 11.3 Å².